The van der Waals surface area contributed by atoms with E-state index in [1.165, 1.54) is 12.1 Å². The van der Waals surface area contributed by atoms with Gasteiger partial charge in [0.2, 0.25) is 5.91 Å². The predicted molar refractivity (Wildman–Crippen MR) is 82.6 cm³/mol. The highest BCUT2D eigenvalue weighted by Gasteiger charge is 2.09. The molecule has 0 radical (unpaired) electrons. The Balaban J connectivity index is 1.86. The van der Waals surface area contributed by atoms with Crippen molar-refractivity contribution in [2.45, 2.75) is 19.4 Å². The van der Waals surface area contributed by atoms with Crippen molar-refractivity contribution in [1.29, 1.82) is 0 Å². The molecule has 0 N–H and O–H groups in total. The summed E-state index contributed by atoms with van der Waals surface area (Å²) in [5.74, 6) is -0.206. The topological polar surface area (TPSA) is 20.3 Å². The van der Waals surface area contributed by atoms with Crippen molar-refractivity contribution >= 4 is 17.5 Å². The summed E-state index contributed by atoms with van der Waals surface area (Å²) in [6.07, 6.45) is 1.02. The van der Waals surface area contributed by atoms with Crippen molar-refractivity contribution in [3.05, 3.63) is 70.5 Å². The van der Waals surface area contributed by atoms with Crippen LogP contribution >= 0.6 is 11.6 Å². The zero-order valence-corrected chi connectivity index (χ0v) is 12.6. The van der Waals surface area contributed by atoms with Gasteiger partial charge in [0.05, 0.1) is 0 Å². The second-order valence-electron chi connectivity index (χ2n) is 5.01. The van der Waals surface area contributed by atoms with Crippen LogP contribution in [0.3, 0.4) is 0 Å². The summed E-state index contributed by atoms with van der Waals surface area (Å²) in [5, 5.41) is 0.666. The molecule has 4 heteroatoms. The number of carbonyl (C=O) groups is 1. The molecule has 0 atom stereocenters. The van der Waals surface area contributed by atoms with Crippen LogP contribution in [0.2, 0.25) is 5.02 Å². The molecule has 110 valence electrons. The van der Waals surface area contributed by atoms with Crippen molar-refractivity contribution < 1.29 is 9.18 Å². The number of amides is 1. The number of aryl methyl sites for hydroxylation is 1. The molecule has 0 saturated carbocycles. The lowest BCUT2D eigenvalue weighted by molar-refractivity contribution is -0.130. The molecule has 2 nitrogen and oxygen atoms in total. The summed E-state index contributed by atoms with van der Waals surface area (Å²) in [5.41, 5.74) is 1.96. The van der Waals surface area contributed by atoms with E-state index in [1.807, 2.05) is 18.2 Å². The second-order valence-corrected chi connectivity index (χ2v) is 5.44. The van der Waals surface area contributed by atoms with E-state index >= 15 is 0 Å². The number of carbonyl (C=O) groups excluding carboxylic acids is 1. The number of hydrogen-bond acceptors (Lipinski definition) is 1. The second kappa shape index (κ2) is 7.23. The molecule has 0 aliphatic carbocycles. The van der Waals surface area contributed by atoms with Crippen LogP contribution in [0.15, 0.2) is 48.5 Å². The van der Waals surface area contributed by atoms with Crippen LogP contribution in [0.1, 0.15) is 17.5 Å². The van der Waals surface area contributed by atoms with Crippen LogP contribution in [0.5, 0.6) is 0 Å². The van der Waals surface area contributed by atoms with Gasteiger partial charge in [-0.25, -0.2) is 4.39 Å². The van der Waals surface area contributed by atoms with Gasteiger partial charge >= 0.3 is 0 Å². The Labute approximate surface area is 129 Å². The Bertz CT molecular complexity index is 612. The molecule has 0 heterocycles. The average molecular weight is 306 g/mol. The normalized spacial score (nSPS) is 10.4. The minimum Gasteiger partial charge on any atom is -0.341 e. The molecule has 2 rings (SSSR count). The van der Waals surface area contributed by atoms with E-state index in [4.69, 9.17) is 11.6 Å². The number of rotatable bonds is 5. The van der Waals surface area contributed by atoms with Crippen molar-refractivity contribution in [1.82, 2.24) is 4.90 Å². The van der Waals surface area contributed by atoms with E-state index in [9.17, 15) is 9.18 Å². The Hall–Kier alpha value is -1.87. The standard InChI is InChI=1S/C17H17ClFNO/c1-20(12-14-3-2-4-15(18)11-14)17(21)10-7-13-5-8-16(19)9-6-13/h2-6,8-9,11H,7,10,12H2,1H3. The van der Waals surface area contributed by atoms with Crippen LogP contribution in [0, 0.1) is 5.82 Å². The smallest absolute Gasteiger partial charge is 0.222 e. The fourth-order valence-corrected chi connectivity index (χ4v) is 2.30. The fourth-order valence-electron chi connectivity index (χ4n) is 2.09. The maximum absolute atomic E-state index is 12.8. The molecular formula is C17H17ClFNO. The Kier molecular flexibility index (Phi) is 5.34. The van der Waals surface area contributed by atoms with Crippen LogP contribution in [-0.4, -0.2) is 17.9 Å². The third kappa shape index (κ3) is 4.87. The highest BCUT2D eigenvalue weighted by molar-refractivity contribution is 6.30. The van der Waals surface area contributed by atoms with Crippen LogP contribution < -0.4 is 0 Å². The highest BCUT2D eigenvalue weighted by Crippen LogP contribution is 2.13. The molecule has 2 aromatic rings. The molecule has 0 aliphatic rings. The number of benzene rings is 2. The van der Waals surface area contributed by atoms with E-state index in [0.29, 0.717) is 24.4 Å². The van der Waals surface area contributed by atoms with Gasteiger partial charge in [-0.2, -0.15) is 0 Å². The fraction of sp³-hybridized carbons (Fsp3) is 0.235. The van der Waals surface area contributed by atoms with Gasteiger partial charge in [-0.15, -0.1) is 0 Å². The lowest BCUT2D eigenvalue weighted by Crippen LogP contribution is -2.26. The Morgan fingerprint density at radius 2 is 1.86 bits per heavy atom. The molecule has 0 unspecified atom stereocenters. The van der Waals surface area contributed by atoms with Crippen molar-refractivity contribution in [2.24, 2.45) is 0 Å². The molecule has 0 fully saturated rings. The first-order valence-corrected chi connectivity index (χ1v) is 7.15. The third-order valence-corrected chi connectivity index (χ3v) is 3.51. The van der Waals surface area contributed by atoms with Crippen LogP contribution in [-0.2, 0) is 17.8 Å². The number of hydrogen-bond donors (Lipinski definition) is 0. The molecular weight excluding hydrogens is 289 g/mol. The van der Waals surface area contributed by atoms with Gasteiger partial charge in [-0.3, -0.25) is 4.79 Å². The zero-order valence-electron chi connectivity index (χ0n) is 11.9. The van der Waals surface area contributed by atoms with Crippen molar-refractivity contribution in [3.63, 3.8) is 0 Å². The molecule has 0 aliphatic heterocycles. The first-order valence-electron chi connectivity index (χ1n) is 6.77. The summed E-state index contributed by atoms with van der Waals surface area (Å²) in [7, 11) is 1.77. The molecule has 1 amide bonds. The van der Waals surface area contributed by atoms with E-state index in [0.717, 1.165) is 11.1 Å². The van der Waals surface area contributed by atoms with Crippen LogP contribution in [0.4, 0.5) is 4.39 Å². The lowest BCUT2D eigenvalue weighted by Gasteiger charge is -2.17. The van der Waals surface area contributed by atoms with Gasteiger partial charge in [0.1, 0.15) is 5.82 Å². The summed E-state index contributed by atoms with van der Waals surface area (Å²) in [6, 6.07) is 13.7. The minimum atomic E-state index is -0.261. The van der Waals surface area contributed by atoms with Crippen molar-refractivity contribution in [2.75, 3.05) is 7.05 Å². The van der Waals surface area contributed by atoms with Crippen molar-refractivity contribution in [3.8, 4) is 0 Å². The third-order valence-electron chi connectivity index (χ3n) is 3.28. The highest BCUT2D eigenvalue weighted by atomic mass is 35.5. The summed E-state index contributed by atoms with van der Waals surface area (Å²) in [6.45, 7) is 0.531. The summed E-state index contributed by atoms with van der Waals surface area (Å²) in [4.78, 5) is 13.8. The molecule has 21 heavy (non-hydrogen) atoms. The van der Waals surface area contributed by atoms with Gasteiger partial charge in [0.25, 0.3) is 0 Å². The first kappa shape index (κ1) is 15.5. The zero-order chi connectivity index (χ0) is 15.2. The molecule has 2 aromatic carbocycles. The Morgan fingerprint density at radius 3 is 2.52 bits per heavy atom. The van der Waals surface area contributed by atoms with Gasteiger partial charge < -0.3 is 4.90 Å². The first-order chi connectivity index (χ1) is 10.0. The number of halogens is 2. The Morgan fingerprint density at radius 1 is 1.14 bits per heavy atom. The summed E-state index contributed by atoms with van der Waals surface area (Å²) >= 11 is 5.93. The quantitative estimate of drug-likeness (QED) is 0.815. The average Bonchev–Trinajstić information content (AvgIpc) is 2.46. The monoisotopic (exact) mass is 305 g/mol. The predicted octanol–water partition coefficient (Wildman–Crippen LogP) is 4.07. The molecule has 0 bridgehead atoms. The van der Waals surface area contributed by atoms with Gasteiger partial charge in [0, 0.05) is 25.0 Å². The van der Waals surface area contributed by atoms with Crippen LogP contribution in [0.25, 0.3) is 0 Å². The van der Waals surface area contributed by atoms with E-state index in [1.54, 1.807) is 30.1 Å². The number of nitrogens with zero attached hydrogens (tertiary/aromatic N) is 1. The van der Waals surface area contributed by atoms with Gasteiger partial charge in [-0.1, -0.05) is 35.9 Å². The summed E-state index contributed by atoms with van der Waals surface area (Å²) < 4.78 is 12.8. The molecule has 0 spiro atoms. The largest absolute Gasteiger partial charge is 0.341 e. The van der Waals surface area contributed by atoms with E-state index < -0.39 is 0 Å². The van der Waals surface area contributed by atoms with E-state index in [-0.39, 0.29) is 11.7 Å². The van der Waals surface area contributed by atoms with Gasteiger partial charge in [0.15, 0.2) is 0 Å². The van der Waals surface area contributed by atoms with E-state index in [2.05, 4.69) is 0 Å². The molecule has 0 aromatic heterocycles. The minimum absolute atomic E-state index is 0.0549. The molecule has 0 saturated heterocycles. The maximum Gasteiger partial charge on any atom is 0.222 e. The lowest BCUT2D eigenvalue weighted by atomic mass is 10.1. The maximum atomic E-state index is 12.8. The SMILES string of the molecule is CN(Cc1cccc(Cl)c1)C(=O)CCc1ccc(F)cc1. The van der Waals surface area contributed by atoms with Gasteiger partial charge in [-0.05, 0) is 41.8 Å².